The molecule has 2 heteroatoms. The number of hydrogen-bond donors (Lipinski definition) is 1. The van der Waals surface area contributed by atoms with Gasteiger partial charge in [0, 0.05) is 10.5 Å². The Kier molecular flexibility index (Phi) is 4.77. The number of hydrogen-bond acceptors (Lipinski definition) is 1. The van der Waals surface area contributed by atoms with Crippen LogP contribution in [-0.4, -0.2) is 0 Å². The highest BCUT2D eigenvalue weighted by Gasteiger charge is 2.13. The number of aryl methyl sites for hydroxylation is 5. The highest BCUT2D eigenvalue weighted by Crippen LogP contribution is 2.32. The zero-order valence-corrected chi connectivity index (χ0v) is 15.4. The molecule has 2 aromatic rings. The summed E-state index contributed by atoms with van der Waals surface area (Å²) in [6, 6.07) is 9.24. The maximum Gasteiger partial charge on any atom is 0.0519 e. The molecule has 0 aromatic heterocycles. The summed E-state index contributed by atoms with van der Waals surface area (Å²) in [6.45, 7) is 13.0. The van der Waals surface area contributed by atoms with Gasteiger partial charge in [-0.25, -0.2) is 0 Å². The Bertz CT molecular complexity index is 651. The molecule has 1 atom stereocenters. The van der Waals surface area contributed by atoms with Gasteiger partial charge in [0.15, 0.2) is 0 Å². The molecule has 1 nitrogen and oxygen atoms in total. The summed E-state index contributed by atoms with van der Waals surface area (Å²) in [5.41, 5.74) is 9.16. The molecule has 0 spiro atoms. The van der Waals surface area contributed by atoms with Gasteiger partial charge < -0.3 is 5.32 Å². The van der Waals surface area contributed by atoms with E-state index in [4.69, 9.17) is 0 Å². The first-order chi connectivity index (χ1) is 9.79. The van der Waals surface area contributed by atoms with Crippen LogP contribution in [0.2, 0.25) is 0 Å². The zero-order valence-electron chi connectivity index (χ0n) is 13.8. The maximum absolute atomic E-state index is 3.68. The molecule has 0 aliphatic carbocycles. The smallest absolute Gasteiger partial charge is 0.0519 e. The molecule has 0 fully saturated rings. The van der Waals surface area contributed by atoms with Gasteiger partial charge in [-0.15, -0.1) is 0 Å². The molecule has 0 heterocycles. The van der Waals surface area contributed by atoms with Crippen molar-refractivity contribution in [3.8, 4) is 0 Å². The fourth-order valence-corrected chi connectivity index (χ4v) is 3.63. The molecular weight excluding hydrogens is 322 g/mol. The number of anilines is 1. The van der Waals surface area contributed by atoms with E-state index in [1.807, 2.05) is 0 Å². The fraction of sp³-hybridized carbons (Fsp3) is 0.368. The molecule has 112 valence electrons. The van der Waals surface area contributed by atoms with Gasteiger partial charge in [0.1, 0.15) is 0 Å². The monoisotopic (exact) mass is 345 g/mol. The van der Waals surface area contributed by atoms with Crippen molar-refractivity contribution in [1.82, 2.24) is 0 Å². The summed E-state index contributed by atoms with van der Waals surface area (Å²) >= 11 is 3.68. The Labute approximate surface area is 136 Å². The molecule has 1 N–H and O–H groups in total. The van der Waals surface area contributed by atoms with Crippen LogP contribution in [0.3, 0.4) is 0 Å². The zero-order chi connectivity index (χ0) is 15.7. The number of benzene rings is 2. The van der Waals surface area contributed by atoms with E-state index in [1.54, 1.807) is 0 Å². The summed E-state index contributed by atoms with van der Waals surface area (Å²) in [5, 5.41) is 3.66. The Morgan fingerprint density at radius 1 is 0.810 bits per heavy atom. The summed E-state index contributed by atoms with van der Waals surface area (Å²) in [7, 11) is 0. The molecule has 2 aromatic carbocycles. The summed E-state index contributed by atoms with van der Waals surface area (Å²) in [5.74, 6) is 0. The van der Waals surface area contributed by atoms with E-state index in [2.05, 4.69) is 87.1 Å². The number of halogens is 1. The second-order valence-electron chi connectivity index (χ2n) is 6.10. The minimum Gasteiger partial charge on any atom is -0.377 e. The first-order valence-electron chi connectivity index (χ1n) is 7.40. The molecule has 0 aliphatic heterocycles. The van der Waals surface area contributed by atoms with Gasteiger partial charge >= 0.3 is 0 Å². The second kappa shape index (κ2) is 6.23. The minimum atomic E-state index is 0.280. The van der Waals surface area contributed by atoms with Gasteiger partial charge in [-0.05, 0) is 96.9 Å². The Hall–Kier alpha value is -1.28. The van der Waals surface area contributed by atoms with Crippen LogP contribution in [-0.2, 0) is 0 Å². The molecule has 21 heavy (non-hydrogen) atoms. The Balaban J connectivity index is 2.35. The Morgan fingerprint density at radius 3 is 2.05 bits per heavy atom. The molecule has 1 unspecified atom stereocenters. The van der Waals surface area contributed by atoms with Crippen molar-refractivity contribution in [3.63, 3.8) is 0 Å². The molecule has 0 radical (unpaired) electrons. The molecule has 0 aliphatic rings. The van der Waals surface area contributed by atoms with Crippen LogP contribution in [0.5, 0.6) is 0 Å². The van der Waals surface area contributed by atoms with Crippen molar-refractivity contribution >= 4 is 21.6 Å². The normalized spacial score (nSPS) is 12.3. The molecule has 0 bridgehead atoms. The van der Waals surface area contributed by atoms with Crippen molar-refractivity contribution in [2.45, 2.75) is 47.6 Å². The van der Waals surface area contributed by atoms with E-state index in [-0.39, 0.29) is 6.04 Å². The lowest BCUT2D eigenvalue weighted by Gasteiger charge is -2.22. The fourth-order valence-electron chi connectivity index (χ4n) is 2.84. The largest absolute Gasteiger partial charge is 0.377 e. The van der Waals surface area contributed by atoms with Crippen molar-refractivity contribution in [2.75, 3.05) is 5.32 Å². The number of nitrogens with one attached hydrogen (secondary N) is 1. The quantitative estimate of drug-likeness (QED) is 0.701. The van der Waals surface area contributed by atoms with Gasteiger partial charge in [-0.2, -0.15) is 0 Å². The predicted octanol–water partition coefficient (Wildman–Crippen LogP) is 6.16. The van der Waals surface area contributed by atoms with Crippen molar-refractivity contribution in [1.29, 1.82) is 0 Å². The van der Waals surface area contributed by atoms with Crippen LogP contribution >= 0.6 is 15.9 Å². The molecule has 0 amide bonds. The maximum atomic E-state index is 3.68. The van der Waals surface area contributed by atoms with Gasteiger partial charge in [-0.3, -0.25) is 0 Å². The lowest BCUT2D eigenvalue weighted by molar-refractivity contribution is 0.867. The molecule has 2 rings (SSSR count). The summed E-state index contributed by atoms with van der Waals surface area (Å²) in [6.07, 6.45) is 0. The average Bonchev–Trinajstić information content (AvgIpc) is 2.37. The minimum absolute atomic E-state index is 0.280. The first-order valence-corrected chi connectivity index (χ1v) is 8.20. The van der Waals surface area contributed by atoms with Gasteiger partial charge in [-0.1, -0.05) is 18.2 Å². The van der Waals surface area contributed by atoms with Crippen LogP contribution in [0.1, 0.15) is 46.3 Å². The van der Waals surface area contributed by atoms with Crippen molar-refractivity contribution in [3.05, 3.63) is 62.1 Å². The predicted molar refractivity (Wildman–Crippen MR) is 96.3 cm³/mol. The van der Waals surface area contributed by atoms with Gasteiger partial charge in [0.2, 0.25) is 0 Å². The Morgan fingerprint density at radius 2 is 1.43 bits per heavy atom. The number of rotatable bonds is 3. The van der Waals surface area contributed by atoms with Gasteiger partial charge in [0.05, 0.1) is 5.69 Å². The highest BCUT2D eigenvalue weighted by molar-refractivity contribution is 9.10. The van der Waals surface area contributed by atoms with Crippen LogP contribution in [0, 0.1) is 34.6 Å². The van der Waals surface area contributed by atoms with Crippen molar-refractivity contribution in [2.24, 2.45) is 0 Å². The van der Waals surface area contributed by atoms with E-state index >= 15 is 0 Å². The topological polar surface area (TPSA) is 12.0 Å². The third-order valence-corrected chi connectivity index (χ3v) is 4.77. The van der Waals surface area contributed by atoms with Crippen molar-refractivity contribution < 1.29 is 0 Å². The van der Waals surface area contributed by atoms with E-state index in [0.717, 1.165) is 4.47 Å². The third-order valence-electron chi connectivity index (χ3n) is 4.14. The van der Waals surface area contributed by atoms with Crippen LogP contribution in [0.15, 0.2) is 28.7 Å². The van der Waals surface area contributed by atoms with E-state index in [1.165, 1.54) is 39.1 Å². The second-order valence-corrected chi connectivity index (χ2v) is 6.95. The SMILES string of the molecule is Cc1cc(C)c(NC(C)c2cc(C)c(C)cc2C)c(Br)c1. The average molecular weight is 346 g/mol. The van der Waals surface area contributed by atoms with Crippen LogP contribution < -0.4 is 5.32 Å². The molecule has 0 saturated heterocycles. The van der Waals surface area contributed by atoms with Crippen LogP contribution in [0.25, 0.3) is 0 Å². The third kappa shape index (κ3) is 3.49. The standard InChI is InChI=1S/C19H24BrN/c1-11-7-15(5)19(18(20)8-11)21-16(6)17-10-13(3)12(2)9-14(17)4/h7-10,16,21H,1-6H3. The van der Waals surface area contributed by atoms with Gasteiger partial charge in [0.25, 0.3) is 0 Å². The lowest BCUT2D eigenvalue weighted by Crippen LogP contribution is -2.10. The van der Waals surface area contributed by atoms with E-state index in [0.29, 0.717) is 0 Å². The summed E-state index contributed by atoms with van der Waals surface area (Å²) in [4.78, 5) is 0. The van der Waals surface area contributed by atoms with Crippen LogP contribution in [0.4, 0.5) is 5.69 Å². The first kappa shape index (κ1) is 16.1. The molecular formula is C19H24BrN. The summed E-state index contributed by atoms with van der Waals surface area (Å²) < 4.78 is 1.13. The highest BCUT2D eigenvalue weighted by atomic mass is 79.9. The van der Waals surface area contributed by atoms with E-state index < -0.39 is 0 Å². The van der Waals surface area contributed by atoms with E-state index in [9.17, 15) is 0 Å². The molecule has 0 saturated carbocycles. The lowest BCUT2D eigenvalue weighted by atomic mass is 9.96.